The van der Waals surface area contributed by atoms with Gasteiger partial charge in [0, 0.05) is 17.0 Å². The Bertz CT molecular complexity index is 1320. The highest BCUT2D eigenvalue weighted by atomic mass is 16.5. The number of aromatic nitrogens is 1. The number of nitrogens with zero attached hydrogens (tertiary/aromatic N) is 1. The second-order valence-electron chi connectivity index (χ2n) is 6.90. The molecule has 29 heavy (non-hydrogen) atoms. The second-order valence-corrected chi connectivity index (χ2v) is 6.90. The first-order chi connectivity index (χ1) is 14.3. The number of hydrogen-bond acceptors (Lipinski definition) is 3. The Balaban J connectivity index is 2.08. The van der Waals surface area contributed by atoms with Crippen molar-refractivity contribution in [1.82, 2.24) is 4.40 Å². The molecule has 5 rings (SSSR count). The van der Waals surface area contributed by atoms with E-state index in [1.54, 1.807) is 14.2 Å². The van der Waals surface area contributed by atoms with Gasteiger partial charge in [0.2, 0.25) is 0 Å². The molecule has 0 fully saturated rings. The summed E-state index contributed by atoms with van der Waals surface area (Å²) in [6.07, 6.45) is 0.895. The number of rotatable bonds is 5. The van der Waals surface area contributed by atoms with Gasteiger partial charge in [-0.3, -0.25) is 4.79 Å². The first kappa shape index (κ1) is 17.3. The molecule has 0 atom stereocenters. The van der Waals surface area contributed by atoms with Crippen LogP contribution < -0.4 is 9.47 Å². The van der Waals surface area contributed by atoms with Crippen molar-refractivity contribution in [1.29, 1.82) is 0 Å². The van der Waals surface area contributed by atoms with E-state index in [0.29, 0.717) is 11.4 Å². The van der Waals surface area contributed by atoms with E-state index < -0.39 is 0 Å². The minimum atomic E-state index is 0.581. The van der Waals surface area contributed by atoms with Gasteiger partial charge in [-0.1, -0.05) is 60.7 Å². The van der Waals surface area contributed by atoms with E-state index in [0.717, 1.165) is 50.7 Å². The molecule has 0 radical (unpaired) electrons. The molecule has 142 valence electrons. The van der Waals surface area contributed by atoms with E-state index in [4.69, 9.17) is 9.47 Å². The maximum atomic E-state index is 12.0. The maximum absolute atomic E-state index is 12.0. The van der Waals surface area contributed by atoms with Crippen LogP contribution in [0.25, 0.3) is 38.7 Å². The molecule has 0 aliphatic carbocycles. The summed E-state index contributed by atoms with van der Waals surface area (Å²) < 4.78 is 13.4. The van der Waals surface area contributed by atoms with Crippen molar-refractivity contribution in [2.75, 3.05) is 14.2 Å². The SMILES string of the molecule is COc1cc(OC)c2c(-c3ccccc3)c(-c3ccccc3)n3c(C=O)cc1c23. The van der Waals surface area contributed by atoms with Gasteiger partial charge in [0.25, 0.3) is 0 Å². The number of carbonyl (C=O) groups is 1. The highest BCUT2D eigenvalue weighted by Gasteiger charge is 2.27. The maximum Gasteiger partial charge on any atom is 0.166 e. The Labute approximate surface area is 168 Å². The molecule has 4 nitrogen and oxygen atoms in total. The molecule has 0 amide bonds. The Kier molecular flexibility index (Phi) is 3.98. The predicted octanol–water partition coefficient (Wildman–Crippen LogP) is 5.69. The molecule has 2 aromatic heterocycles. The quantitative estimate of drug-likeness (QED) is 0.367. The molecule has 0 aliphatic rings. The van der Waals surface area contributed by atoms with Gasteiger partial charge >= 0.3 is 0 Å². The largest absolute Gasteiger partial charge is 0.496 e. The zero-order chi connectivity index (χ0) is 20.0. The Morgan fingerprint density at radius 2 is 1.41 bits per heavy atom. The molecule has 0 bridgehead atoms. The third kappa shape index (κ3) is 2.42. The molecule has 0 spiro atoms. The molecule has 0 saturated carbocycles. The van der Waals surface area contributed by atoms with Crippen LogP contribution >= 0.6 is 0 Å². The molecule has 2 heterocycles. The molecule has 4 heteroatoms. The molecule has 0 N–H and O–H groups in total. The summed E-state index contributed by atoms with van der Waals surface area (Å²) in [6.45, 7) is 0. The lowest BCUT2D eigenvalue weighted by atomic mass is 9.97. The zero-order valence-corrected chi connectivity index (χ0v) is 16.2. The van der Waals surface area contributed by atoms with Gasteiger partial charge in [0.1, 0.15) is 11.5 Å². The van der Waals surface area contributed by atoms with Crippen molar-refractivity contribution in [2.24, 2.45) is 0 Å². The molecule has 0 saturated heterocycles. The van der Waals surface area contributed by atoms with Crippen LogP contribution in [0.15, 0.2) is 72.8 Å². The van der Waals surface area contributed by atoms with Crippen LogP contribution in [0.1, 0.15) is 10.5 Å². The van der Waals surface area contributed by atoms with Crippen LogP contribution in [0.4, 0.5) is 0 Å². The first-order valence-electron chi connectivity index (χ1n) is 9.40. The first-order valence-corrected chi connectivity index (χ1v) is 9.40. The number of ether oxygens (including phenoxy) is 2. The van der Waals surface area contributed by atoms with Crippen molar-refractivity contribution < 1.29 is 14.3 Å². The second kappa shape index (κ2) is 6.67. The molecular formula is C25H19NO3. The standard InChI is InChI=1S/C25H19NO3/c1-28-20-14-21(29-2)23-22(16-9-5-3-6-10-16)24(17-11-7-4-8-12-17)26-18(15-27)13-19(20)25(23)26/h3-15H,1-2H3. The van der Waals surface area contributed by atoms with Crippen molar-refractivity contribution in [3.63, 3.8) is 0 Å². The molecule has 5 aromatic rings. The Hall–Kier alpha value is -3.79. The number of aldehydes is 1. The van der Waals surface area contributed by atoms with E-state index in [9.17, 15) is 4.79 Å². The summed E-state index contributed by atoms with van der Waals surface area (Å²) in [4.78, 5) is 12.0. The number of methoxy groups -OCH3 is 2. The highest BCUT2D eigenvalue weighted by molar-refractivity contribution is 6.17. The van der Waals surface area contributed by atoms with Crippen molar-refractivity contribution in [3.05, 3.63) is 78.5 Å². The molecule has 0 aliphatic heterocycles. The van der Waals surface area contributed by atoms with Gasteiger partial charge in [0.15, 0.2) is 6.29 Å². The average Bonchev–Trinajstić information content (AvgIpc) is 3.34. The molecular weight excluding hydrogens is 362 g/mol. The topological polar surface area (TPSA) is 39.9 Å². The minimum absolute atomic E-state index is 0.581. The van der Waals surface area contributed by atoms with Gasteiger partial charge in [-0.15, -0.1) is 0 Å². The fourth-order valence-electron chi connectivity index (χ4n) is 4.23. The number of benzene rings is 3. The summed E-state index contributed by atoms with van der Waals surface area (Å²) >= 11 is 0. The summed E-state index contributed by atoms with van der Waals surface area (Å²) in [5.74, 6) is 1.40. The summed E-state index contributed by atoms with van der Waals surface area (Å²) in [5.41, 5.74) is 5.62. The van der Waals surface area contributed by atoms with Crippen molar-refractivity contribution in [3.8, 4) is 33.9 Å². The minimum Gasteiger partial charge on any atom is -0.496 e. The van der Waals surface area contributed by atoms with Gasteiger partial charge in [-0.25, -0.2) is 0 Å². The number of carbonyl (C=O) groups excluding carboxylic acids is 1. The third-order valence-electron chi connectivity index (χ3n) is 5.42. The van der Waals surface area contributed by atoms with Gasteiger partial charge in [0.05, 0.1) is 36.5 Å². The average molecular weight is 381 g/mol. The zero-order valence-electron chi connectivity index (χ0n) is 16.2. The van der Waals surface area contributed by atoms with Crippen molar-refractivity contribution in [2.45, 2.75) is 0 Å². The summed E-state index contributed by atoms with van der Waals surface area (Å²) in [5, 5.41) is 1.87. The van der Waals surface area contributed by atoms with Crippen LogP contribution in [-0.2, 0) is 0 Å². The van der Waals surface area contributed by atoms with E-state index in [2.05, 4.69) is 24.3 Å². The van der Waals surface area contributed by atoms with Crippen LogP contribution in [0.3, 0.4) is 0 Å². The van der Waals surface area contributed by atoms with E-state index in [-0.39, 0.29) is 0 Å². The Morgan fingerprint density at radius 3 is 2.00 bits per heavy atom. The van der Waals surface area contributed by atoms with Crippen LogP contribution in [0.5, 0.6) is 11.5 Å². The lowest BCUT2D eigenvalue weighted by molar-refractivity contribution is 0.111. The molecule has 3 aromatic carbocycles. The van der Waals surface area contributed by atoms with Crippen LogP contribution in [-0.4, -0.2) is 24.9 Å². The smallest absolute Gasteiger partial charge is 0.166 e. The van der Waals surface area contributed by atoms with Crippen LogP contribution in [0, 0.1) is 0 Å². The Morgan fingerprint density at radius 1 is 0.793 bits per heavy atom. The number of hydrogen-bond donors (Lipinski definition) is 0. The lowest BCUT2D eigenvalue weighted by Crippen LogP contribution is -1.93. The third-order valence-corrected chi connectivity index (χ3v) is 5.42. The lowest BCUT2D eigenvalue weighted by Gasteiger charge is -2.11. The van der Waals surface area contributed by atoms with Crippen molar-refractivity contribution >= 4 is 22.6 Å². The summed E-state index contributed by atoms with van der Waals surface area (Å²) in [7, 11) is 3.29. The van der Waals surface area contributed by atoms with Crippen LogP contribution in [0.2, 0.25) is 0 Å². The van der Waals surface area contributed by atoms with E-state index in [1.807, 2.05) is 52.9 Å². The van der Waals surface area contributed by atoms with Gasteiger partial charge in [-0.2, -0.15) is 0 Å². The normalized spacial score (nSPS) is 11.2. The van der Waals surface area contributed by atoms with Gasteiger partial charge < -0.3 is 13.9 Å². The predicted molar refractivity (Wildman–Crippen MR) is 115 cm³/mol. The van der Waals surface area contributed by atoms with E-state index in [1.165, 1.54) is 0 Å². The van der Waals surface area contributed by atoms with Gasteiger partial charge in [-0.05, 0) is 17.2 Å². The van der Waals surface area contributed by atoms with E-state index >= 15 is 0 Å². The fourth-order valence-corrected chi connectivity index (χ4v) is 4.23. The molecule has 0 unspecified atom stereocenters. The highest BCUT2D eigenvalue weighted by Crippen LogP contribution is 2.49. The monoisotopic (exact) mass is 381 g/mol. The summed E-state index contributed by atoms with van der Waals surface area (Å²) in [6, 6.07) is 24.1. The fraction of sp³-hybridized carbons (Fsp3) is 0.0800.